The number of rotatable bonds is 7. The van der Waals surface area contributed by atoms with Crippen molar-refractivity contribution in [2.45, 2.75) is 32.7 Å². The monoisotopic (exact) mass is 392 g/mol. The first kappa shape index (κ1) is 19.3. The van der Waals surface area contributed by atoms with Gasteiger partial charge in [0.25, 0.3) is 0 Å². The highest BCUT2D eigenvalue weighted by molar-refractivity contribution is 5.91. The van der Waals surface area contributed by atoms with E-state index in [1.165, 1.54) is 36.1 Å². The summed E-state index contributed by atoms with van der Waals surface area (Å²) in [5.74, 6) is 0.706. The highest BCUT2D eigenvalue weighted by Gasteiger charge is 2.32. The lowest BCUT2D eigenvalue weighted by Crippen LogP contribution is -2.32. The van der Waals surface area contributed by atoms with Crippen molar-refractivity contribution < 1.29 is 9.18 Å². The topological polar surface area (TPSA) is 59.0 Å². The number of hydrogen-bond donors (Lipinski definition) is 2. The number of amides is 1. The number of aromatic nitrogens is 2. The molecule has 4 rings (SSSR count). The molecule has 1 saturated carbocycles. The van der Waals surface area contributed by atoms with Gasteiger partial charge in [-0.1, -0.05) is 29.8 Å². The Kier molecular flexibility index (Phi) is 5.45. The van der Waals surface area contributed by atoms with Crippen molar-refractivity contribution >= 4 is 11.7 Å². The molecule has 1 aliphatic carbocycles. The Balaban J connectivity index is 1.43. The molecule has 1 aliphatic rings. The van der Waals surface area contributed by atoms with Crippen molar-refractivity contribution in [2.75, 3.05) is 11.9 Å². The summed E-state index contributed by atoms with van der Waals surface area (Å²) < 4.78 is 14.8. The maximum atomic E-state index is 13.2. The molecule has 0 radical (unpaired) electrons. The van der Waals surface area contributed by atoms with Gasteiger partial charge in [-0.05, 0) is 62.4 Å². The molecule has 0 spiro atoms. The standard InChI is InChI=1S/C23H25FN4O/c1-15-3-5-17(6-4-15)23(18-7-8-18)25-14-22(29)26-21-13-16(2)27-28(21)20-11-9-19(24)10-12-20/h3-6,9-13,18,23,25H,7-8,14H2,1-2H3,(H,26,29)/t23-/m1/s1. The third-order valence-electron chi connectivity index (χ3n) is 5.18. The van der Waals surface area contributed by atoms with E-state index in [9.17, 15) is 9.18 Å². The lowest BCUT2D eigenvalue weighted by molar-refractivity contribution is -0.115. The van der Waals surface area contributed by atoms with Gasteiger partial charge in [-0.3, -0.25) is 4.79 Å². The van der Waals surface area contributed by atoms with Crippen LogP contribution in [0.1, 0.15) is 35.7 Å². The Morgan fingerprint density at radius 1 is 1.14 bits per heavy atom. The first-order valence-electron chi connectivity index (χ1n) is 9.92. The third kappa shape index (κ3) is 4.71. The summed E-state index contributed by atoms with van der Waals surface area (Å²) in [4.78, 5) is 12.6. The minimum atomic E-state index is -0.311. The normalized spacial score (nSPS) is 14.6. The molecule has 3 aromatic rings. The van der Waals surface area contributed by atoms with E-state index in [2.05, 4.69) is 46.9 Å². The average molecular weight is 392 g/mol. The number of nitrogens with zero attached hydrogens (tertiary/aromatic N) is 2. The van der Waals surface area contributed by atoms with Crippen LogP contribution in [0.5, 0.6) is 0 Å². The van der Waals surface area contributed by atoms with Gasteiger partial charge in [0, 0.05) is 12.1 Å². The smallest absolute Gasteiger partial charge is 0.239 e. The van der Waals surface area contributed by atoms with Gasteiger partial charge in [-0.2, -0.15) is 5.10 Å². The predicted octanol–water partition coefficient (Wildman–Crippen LogP) is 4.31. The van der Waals surface area contributed by atoms with Crippen LogP contribution >= 0.6 is 0 Å². The summed E-state index contributed by atoms with van der Waals surface area (Å²) >= 11 is 0. The summed E-state index contributed by atoms with van der Waals surface area (Å²) in [6.45, 7) is 4.14. The van der Waals surface area contributed by atoms with E-state index in [0.717, 1.165) is 5.69 Å². The molecule has 29 heavy (non-hydrogen) atoms. The third-order valence-corrected chi connectivity index (χ3v) is 5.18. The highest BCUT2D eigenvalue weighted by atomic mass is 19.1. The van der Waals surface area contributed by atoms with Gasteiger partial charge in [0.15, 0.2) is 0 Å². The molecule has 1 atom stereocenters. The molecule has 1 heterocycles. The van der Waals surface area contributed by atoms with Gasteiger partial charge < -0.3 is 10.6 Å². The largest absolute Gasteiger partial charge is 0.309 e. The molecule has 0 unspecified atom stereocenters. The zero-order valence-electron chi connectivity index (χ0n) is 16.7. The Labute approximate surface area is 169 Å². The van der Waals surface area contributed by atoms with Crippen LogP contribution in [0.15, 0.2) is 54.6 Å². The second kappa shape index (κ2) is 8.17. The number of carbonyl (C=O) groups excluding carboxylic acids is 1. The molecule has 2 N–H and O–H groups in total. The summed E-state index contributed by atoms with van der Waals surface area (Å²) in [5, 5.41) is 10.8. The van der Waals surface area contributed by atoms with Crippen molar-refractivity contribution in [3.63, 3.8) is 0 Å². The van der Waals surface area contributed by atoms with Gasteiger partial charge in [0.1, 0.15) is 11.6 Å². The van der Waals surface area contributed by atoms with Crippen LogP contribution in [0.25, 0.3) is 5.69 Å². The highest BCUT2D eigenvalue weighted by Crippen LogP contribution is 2.40. The van der Waals surface area contributed by atoms with Gasteiger partial charge in [0.05, 0.1) is 17.9 Å². The zero-order chi connectivity index (χ0) is 20.4. The Bertz CT molecular complexity index is 991. The fourth-order valence-corrected chi connectivity index (χ4v) is 3.52. The number of nitrogens with one attached hydrogen (secondary N) is 2. The number of anilines is 1. The molecule has 1 amide bonds. The van der Waals surface area contributed by atoms with Crippen LogP contribution in [0.2, 0.25) is 0 Å². The summed E-state index contributed by atoms with van der Waals surface area (Å²) in [6, 6.07) is 16.5. The van der Waals surface area contributed by atoms with Crippen molar-refractivity contribution in [1.29, 1.82) is 0 Å². The van der Waals surface area contributed by atoms with Crippen molar-refractivity contribution in [3.05, 3.63) is 77.2 Å². The van der Waals surface area contributed by atoms with E-state index >= 15 is 0 Å². The fourth-order valence-electron chi connectivity index (χ4n) is 3.52. The Morgan fingerprint density at radius 3 is 2.48 bits per heavy atom. The summed E-state index contributed by atoms with van der Waals surface area (Å²) in [7, 11) is 0. The molecule has 1 fully saturated rings. The summed E-state index contributed by atoms with van der Waals surface area (Å²) in [5.41, 5.74) is 3.91. The number of benzene rings is 2. The van der Waals surface area contributed by atoms with Crippen molar-refractivity contribution in [2.24, 2.45) is 5.92 Å². The van der Waals surface area contributed by atoms with Crippen LogP contribution in [0.4, 0.5) is 10.2 Å². The first-order valence-corrected chi connectivity index (χ1v) is 9.92. The average Bonchev–Trinajstić information content (AvgIpc) is 3.47. The molecule has 5 nitrogen and oxygen atoms in total. The van der Waals surface area contributed by atoms with Gasteiger partial charge in [-0.15, -0.1) is 0 Å². The van der Waals surface area contributed by atoms with E-state index < -0.39 is 0 Å². The minimum absolute atomic E-state index is 0.133. The minimum Gasteiger partial charge on any atom is -0.309 e. The molecular formula is C23H25FN4O. The fraction of sp³-hybridized carbons (Fsp3) is 0.304. The molecule has 1 aromatic heterocycles. The quantitative estimate of drug-likeness (QED) is 0.630. The van der Waals surface area contributed by atoms with E-state index in [4.69, 9.17) is 0 Å². The maximum Gasteiger partial charge on any atom is 0.239 e. The van der Waals surface area contributed by atoms with Crippen LogP contribution in [-0.2, 0) is 4.79 Å². The number of carbonyl (C=O) groups is 1. The van der Waals surface area contributed by atoms with Crippen LogP contribution in [0.3, 0.4) is 0 Å². The summed E-state index contributed by atoms with van der Waals surface area (Å²) in [6.07, 6.45) is 2.37. The Morgan fingerprint density at radius 2 is 1.83 bits per heavy atom. The van der Waals surface area contributed by atoms with Crippen LogP contribution in [0, 0.1) is 25.6 Å². The van der Waals surface area contributed by atoms with E-state index in [1.54, 1.807) is 22.9 Å². The lowest BCUT2D eigenvalue weighted by Gasteiger charge is -2.19. The van der Waals surface area contributed by atoms with Gasteiger partial charge in [-0.25, -0.2) is 9.07 Å². The predicted molar refractivity (Wildman–Crippen MR) is 112 cm³/mol. The van der Waals surface area contributed by atoms with Gasteiger partial charge >= 0.3 is 0 Å². The number of halogens is 1. The van der Waals surface area contributed by atoms with E-state index in [-0.39, 0.29) is 24.3 Å². The van der Waals surface area contributed by atoms with Crippen molar-refractivity contribution in [3.8, 4) is 5.69 Å². The molecule has 2 aromatic carbocycles. The SMILES string of the molecule is Cc1ccc([C@@H](NCC(=O)Nc2cc(C)nn2-c2ccc(F)cc2)C2CC2)cc1. The lowest BCUT2D eigenvalue weighted by atomic mass is 10.0. The van der Waals surface area contributed by atoms with E-state index in [1.807, 2.05) is 6.92 Å². The second-order valence-electron chi connectivity index (χ2n) is 7.71. The molecule has 150 valence electrons. The molecule has 0 aliphatic heterocycles. The van der Waals surface area contributed by atoms with Gasteiger partial charge in [0.2, 0.25) is 5.91 Å². The number of hydrogen-bond acceptors (Lipinski definition) is 3. The zero-order valence-corrected chi connectivity index (χ0v) is 16.7. The van der Waals surface area contributed by atoms with Crippen LogP contribution < -0.4 is 10.6 Å². The van der Waals surface area contributed by atoms with E-state index in [0.29, 0.717) is 17.4 Å². The Hall–Kier alpha value is -2.99. The first-order chi connectivity index (χ1) is 14.0. The molecule has 6 heteroatoms. The second-order valence-corrected chi connectivity index (χ2v) is 7.71. The number of aryl methyl sites for hydroxylation is 2. The maximum absolute atomic E-state index is 13.2. The molecular weight excluding hydrogens is 367 g/mol. The molecule has 0 bridgehead atoms. The van der Waals surface area contributed by atoms with Crippen LogP contribution in [-0.4, -0.2) is 22.2 Å². The van der Waals surface area contributed by atoms with Crippen molar-refractivity contribution in [1.82, 2.24) is 15.1 Å². The molecule has 0 saturated heterocycles.